The predicted molar refractivity (Wildman–Crippen MR) is 163 cm³/mol. The standard InChI is InChI=1S/C33H30ClF3N2O5/c1-3-39(4-2)30-17-12-24(34)20-28(30)31(40)38-29(32(41)42)18-21-8-10-22(11-9-21)23-6-5-7-27(19-23)43-25-13-15-26(16-14-25)44-33(35,36)37/h5-17,19-20,29H,3-4,18H2,1-2H3,(H,38,40)(H,41,42)/t29-/m0/s1. The molecular formula is C33H30ClF3N2O5. The molecule has 0 saturated heterocycles. The highest BCUT2D eigenvalue weighted by Crippen LogP contribution is 2.30. The van der Waals surface area contributed by atoms with Crippen molar-refractivity contribution in [2.75, 3.05) is 18.0 Å². The molecule has 0 unspecified atom stereocenters. The molecule has 4 aromatic rings. The Morgan fingerprint density at radius 1 is 0.864 bits per heavy atom. The fourth-order valence-electron chi connectivity index (χ4n) is 4.62. The first-order chi connectivity index (χ1) is 21.0. The van der Waals surface area contributed by atoms with Gasteiger partial charge in [0.1, 0.15) is 23.3 Å². The molecule has 0 saturated carbocycles. The molecule has 11 heteroatoms. The molecule has 1 amide bonds. The number of carboxylic acids is 1. The van der Waals surface area contributed by atoms with Gasteiger partial charge in [0.15, 0.2) is 0 Å². The summed E-state index contributed by atoms with van der Waals surface area (Å²) in [6, 6.07) is 23.2. The van der Waals surface area contributed by atoms with Gasteiger partial charge in [-0.25, -0.2) is 4.79 Å². The van der Waals surface area contributed by atoms with Gasteiger partial charge in [-0.1, -0.05) is 48.0 Å². The van der Waals surface area contributed by atoms with Crippen LogP contribution in [0.5, 0.6) is 17.2 Å². The van der Waals surface area contributed by atoms with Crippen molar-refractivity contribution in [1.29, 1.82) is 0 Å². The van der Waals surface area contributed by atoms with E-state index in [1.165, 1.54) is 18.2 Å². The molecule has 0 heterocycles. The highest BCUT2D eigenvalue weighted by Gasteiger charge is 2.31. The summed E-state index contributed by atoms with van der Waals surface area (Å²) >= 11 is 6.16. The Morgan fingerprint density at radius 2 is 1.52 bits per heavy atom. The topological polar surface area (TPSA) is 88.1 Å². The van der Waals surface area contributed by atoms with Crippen molar-refractivity contribution in [2.45, 2.75) is 32.7 Å². The van der Waals surface area contributed by atoms with Crippen LogP contribution >= 0.6 is 11.6 Å². The Morgan fingerprint density at radius 3 is 2.14 bits per heavy atom. The molecular weight excluding hydrogens is 597 g/mol. The van der Waals surface area contributed by atoms with E-state index in [0.717, 1.165) is 23.3 Å². The number of anilines is 1. The molecule has 4 aromatic carbocycles. The van der Waals surface area contributed by atoms with Crippen LogP contribution in [-0.2, 0) is 11.2 Å². The molecule has 1 atom stereocenters. The van der Waals surface area contributed by atoms with E-state index in [2.05, 4.69) is 10.1 Å². The average Bonchev–Trinajstić information content (AvgIpc) is 2.99. The van der Waals surface area contributed by atoms with E-state index in [0.29, 0.717) is 46.4 Å². The molecule has 0 spiro atoms. The van der Waals surface area contributed by atoms with Crippen molar-refractivity contribution in [3.8, 4) is 28.4 Å². The number of carbonyl (C=O) groups is 2. The number of ether oxygens (including phenoxy) is 2. The number of amides is 1. The number of hydrogen-bond donors (Lipinski definition) is 2. The number of alkyl halides is 3. The van der Waals surface area contributed by atoms with Gasteiger partial charge >= 0.3 is 12.3 Å². The summed E-state index contributed by atoms with van der Waals surface area (Å²) in [6.07, 6.45) is -4.72. The third-order valence-corrected chi connectivity index (χ3v) is 7.00. The van der Waals surface area contributed by atoms with E-state index in [-0.39, 0.29) is 12.2 Å². The minimum Gasteiger partial charge on any atom is -0.480 e. The van der Waals surface area contributed by atoms with E-state index >= 15 is 0 Å². The van der Waals surface area contributed by atoms with E-state index in [9.17, 15) is 27.9 Å². The quantitative estimate of drug-likeness (QED) is 0.166. The van der Waals surface area contributed by atoms with Crippen LogP contribution in [0.3, 0.4) is 0 Å². The minimum absolute atomic E-state index is 0.0553. The van der Waals surface area contributed by atoms with Gasteiger partial charge in [0.25, 0.3) is 5.91 Å². The van der Waals surface area contributed by atoms with Crippen LogP contribution in [0.4, 0.5) is 18.9 Å². The van der Waals surface area contributed by atoms with Gasteiger partial charge < -0.3 is 24.8 Å². The van der Waals surface area contributed by atoms with Crippen LogP contribution in [0.1, 0.15) is 29.8 Å². The van der Waals surface area contributed by atoms with Crippen LogP contribution in [0.25, 0.3) is 11.1 Å². The molecule has 0 radical (unpaired) electrons. The maximum Gasteiger partial charge on any atom is 0.573 e. The smallest absolute Gasteiger partial charge is 0.480 e. The van der Waals surface area contributed by atoms with Crippen molar-refractivity contribution in [3.63, 3.8) is 0 Å². The van der Waals surface area contributed by atoms with Crippen LogP contribution in [-0.4, -0.2) is 42.5 Å². The maximum absolute atomic E-state index is 13.2. The highest BCUT2D eigenvalue weighted by molar-refractivity contribution is 6.31. The summed E-state index contributed by atoms with van der Waals surface area (Å²) in [4.78, 5) is 27.3. The second-order valence-corrected chi connectivity index (χ2v) is 10.2. The number of hydrogen-bond acceptors (Lipinski definition) is 5. The number of halogens is 4. The van der Waals surface area contributed by atoms with Crippen molar-refractivity contribution >= 4 is 29.2 Å². The number of benzene rings is 4. The fourth-order valence-corrected chi connectivity index (χ4v) is 4.79. The Kier molecular flexibility index (Phi) is 10.4. The third kappa shape index (κ3) is 8.67. The molecule has 2 N–H and O–H groups in total. The Balaban J connectivity index is 1.44. The van der Waals surface area contributed by atoms with Gasteiger partial charge in [-0.15, -0.1) is 13.2 Å². The summed E-state index contributed by atoms with van der Waals surface area (Å²) in [7, 11) is 0. The van der Waals surface area contributed by atoms with Gasteiger partial charge in [-0.2, -0.15) is 0 Å². The van der Waals surface area contributed by atoms with E-state index in [1.807, 2.05) is 36.9 Å². The monoisotopic (exact) mass is 626 g/mol. The van der Waals surface area contributed by atoms with Gasteiger partial charge in [0.05, 0.1) is 5.56 Å². The maximum atomic E-state index is 13.2. The molecule has 44 heavy (non-hydrogen) atoms. The molecule has 0 bridgehead atoms. The number of aliphatic carboxylic acids is 1. The molecule has 0 aliphatic rings. The zero-order valence-electron chi connectivity index (χ0n) is 23.9. The lowest BCUT2D eigenvalue weighted by atomic mass is 10.00. The van der Waals surface area contributed by atoms with Crippen LogP contribution < -0.4 is 19.7 Å². The van der Waals surface area contributed by atoms with Crippen LogP contribution in [0, 0.1) is 0 Å². The number of nitrogens with zero attached hydrogens (tertiary/aromatic N) is 1. The fraction of sp³-hybridized carbons (Fsp3) is 0.212. The van der Waals surface area contributed by atoms with Gasteiger partial charge in [-0.3, -0.25) is 4.79 Å². The van der Waals surface area contributed by atoms with Crippen LogP contribution in [0.15, 0.2) is 91.0 Å². The van der Waals surface area contributed by atoms with Crippen molar-refractivity contribution < 1.29 is 37.3 Å². The molecule has 4 rings (SSSR count). The Bertz CT molecular complexity index is 1590. The molecule has 0 aromatic heterocycles. The Labute approximate surface area is 257 Å². The summed E-state index contributed by atoms with van der Waals surface area (Å²) < 4.78 is 46.9. The Hall–Kier alpha value is -4.70. The zero-order valence-corrected chi connectivity index (χ0v) is 24.7. The molecule has 0 fully saturated rings. The lowest BCUT2D eigenvalue weighted by Gasteiger charge is -2.24. The predicted octanol–water partition coefficient (Wildman–Crippen LogP) is 7.97. The minimum atomic E-state index is -4.78. The summed E-state index contributed by atoms with van der Waals surface area (Å²) in [5, 5.41) is 12.9. The van der Waals surface area contributed by atoms with Gasteiger partial charge in [0.2, 0.25) is 0 Å². The normalized spacial score (nSPS) is 11.9. The first-order valence-corrected chi connectivity index (χ1v) is 14.1. The summed E-state index contributed by atoms with van der Waals surface area (Å²) in [5.41, 5.74) is 3.30. The third-order valence-electron chi connectivity index (χ3n) is 6.76. The average molecular weight is 627 g/mol. The molecule has 0 aliphatic carbocycles. The molecule has 230 valence electrons. The first kappa shape index (κ1) is 32.2. The van der Waals surface area contributed by atoms with E-state index < -0.39 is 24.3 Å². The van der Waals surface area contributed by atoms with Crippen molar-refractivity contribution in [2.24, 2.45) is 0 Å². The van der Waals surface area contributed by atoms with Gasteiger partial charge in [0, 0.05) is 30.2 Å². The number of nitrogens with one attached hydrogen (secondary N) is 1. The van der Waals surface area contributed by atoms with E-state index in [4.69, 9.17) is 16.3 Å². The number of rotatable bonds is 12. The molecule has 0 aliphatic heterocycles. The SMILES string of the molecule is CCN(CC)c1ccc(Cl)cc1C(=O)N[C@@H](Cc1ccc(-c2cccc(Oc3ccc(OC(F)(F)F)cc3)c2)cc1)C(=O)O. The highest BCUT2D eigenvalue weighted by atomic mass is 35.5. The van der Waals surface area contributed by atoms with E-state index in [1.54, 1.807) is 42.5 Å². The van der Waals surface area contributed by atoms with Crippen molar-refractivity contribution in [1.82, 2.24) is 5.32 Å². The van der Waals surface area contributed by atoms with Crippen molar-refractivity contribution in [3.05, 3.63) is 107 Å². The summed E-state index contributed by atoms with van der Waals surface area (Å²) in [5.74, 6) is -1.25. The number of carbonyl (C=O) groups excluding carboxylic acids is 1. The zero-order chi connectivity index (χ0) is 31.9. The first-order valence-electron chi connectivity index (χ1n) is 13.8. The van der Waals surface area contributed by atoms with Crippen LogP contribution in [0.2, 0.25) is 5.02 Å². The second kappa shape index (κ2) is 14.2. The lowest BCUT2D eigenvalue weighted by molar-refractivity contribution is -0.274. The lowest BCUT2D eigenvalue weighted by Crippen LogP contribution is -2.42. The second-order valence-electron chi connectivity index (χ2n) is 9.75. The largest absolute Gasteiger partial charge is 0.573 e. The summed E-state index contributed by atoms with van der Waals surface area (Å²) in [6.45, 7) is 5.25. The molecule has 7 nitrogen and oxygen atoms in total. The number of carboxylic acid groups (broad SMARTS) is 1. The van der Waals surface area contributed by atoms with Gasteiger partial charge in [-0.05, 0) is 85.1 Å².